The van der Waals surface area contributed by atoms with Crippen LogP contribution in [0.2, 0.25) is 0 Å². The number of nitrogens with one attached hydrogen (secondary N) is 1. The van der Waals surface area contributed by atoms with E-state index in [4.69, 9.17) is 5.73 Å². The fourth-order valence-electron chi connectivity index (χ4n) is 1.34. The number of carbonyl (C=O) groups is 1. The molecule has 0 spiro atoms. The minimum absolute atomic E-state index is 0.156. The first-order valence-electron chi connectivity index (χ1n) is 4.93. The molecule has 1 unspecified atom stereocenters. The number of amides is 1. The van der Waals surface area contributed by atoms with E-state index in [1.54, 1.807) is 0 Å². The molecule has 0 aliphatic rings. The summed E-state index contributed by atoms with van der Waals surface area (Å²) in [5.41, 5.74) is 5.18. The summed E-state index contributed by atoms with van der Waals surface area (Å²) in [6, 6.07) is 2.10. The predicted octanol–water partition coefficient (Wildman–Crippen LogP) is 1.49. The number of hydrogen-bond acceptors (Lipinski definition) is 2. The van der Waals surface area contributed by atoms with E-state index in [2.05, 4.69) is 5.32 Å². The first-order valence-corrected chi connectivity index (χ1v) is 4.93. The van der Waals surface area contributed by atoms with Crippen LogP contribution in [0.25, 0.3) is 0 Å². The van der Waals surface area contributed by atoms with Crippen molar-refractivity contribution in [3.05, 3.63) is 35.4 Å². The van der Waals surface area contributed by atoms with Gasteiger partial charge in [-0.05, 0) is 26.0 Å². The van der Waals surface area contributed by atoms with Crippen molar-refractivity contribution in [1.29, 1.82) is 0 Å². The fourth-order valence-corrected chi connectivity index (χ4v) is 1.34. The Bertz CT molecular complexity index is 373. The van der Waals surface area contributed by atoms with E-state index < -0.39 is 29.6 Å². The summed E-state index contributed by atoms with van der Waals surface area (Å²) in [5, 5.41) is 2.43. The molecule has 2 atom stereocenters. The molecule has 1 amide bonds. The Balaban J connectivity index is 2.88. The largest absolute Gasteiger partial charge is 0.348 e. The maximum absolute atomic E-state index is 13.3. The SMILES string of the molecule is CC(NC(=O)[C@H](C)N)c1c(F)cccc1F. The van der Waals surface area contributed by atoms with Gasteiger partial charge in [-0.25, -0.2) is 8.78 Å². The summed E-state index contributed by atoms with van der Waals surface area (Å²) < 4.78 is 26.7. The molecule has 1 aromatic rings. The molecule has 0 bridgehead atoms. The quantitative estimate of drug-likeness (QED) is 0.823. The molecule has 0 aliphatic heterocycles. The summed E-state index contributed by atoms with van der Waals surface area (Å²) in [4.78, 5) is 11.3. The molecule has 0 aliphatic carbocycles. The van der Waals surface area contributed by atoms with Crippen molar-refractivity contribution in [3.8, 4) is 0 Å². The highest BCUT2D eigenvalue weighted by atomic mass is 19.1. The van der Waals surface area contributed by atoms with Gasteiger partial charge in [-0.15, -0.1) is 0 Å². The van der Waals surface area contributed by atoms with E-state index >= 15 is 0 Å². The van der Waals surface area contributed by atoms with Crippen LogP contribution < -0.4 is 11.1 Å². The van der Waals surface area contributed by atoms with Gasteiger partial charge in [0.05, 0.1) is 12.1 Å². The zero-order valence-electron chi connectivity index (χ0n) is 9.13. The lowest BCUT2D eigenvalue weighted by Crippen LogP contribution is -2.39. The lowest BCUT2D eigenvalue weighted by Gasteiger charge is -2.17. The Morgan fingerprint density at radius 3 is 2.25 bits per heavy atom. The molecule has 1 aromatic carbocycles. The molecule has 5 heteroatoms. The molecule has 16 heavy (non-hydrogen) atoms. The van der Waals surface area contributed by atoms with Crippen LogP contribution in [0, 0.1) is 11.6 Å². The molecule has 0 saturated heterocycles. The van der Waals surface area contributed by atoms with E-state index in [1.807, 2.05) is 0 Å². The number of benzene rings is 1. The topological polar surface area (TPSA) is 55.1 Å². The molecule has 0 fully saturated rings. The minimum Gasteiger partial charge on any atom is -0.348 e. The molecule has 1 rings (SSSR count). The third-order valence-corrected chi connectivity index (χ3v) is 2.21. The van der Waals surface area contributed by atoms with E-state index in [1.165, 1.54) is 19.9 Å². The van der Waals surface area contributed by atoms with Crippen molar-refractivity contribution < 1.29 is 13.6 Å². The minimum atomic E-state index is -0.750. The third kappa shape index (κ3) is 2.76. The van der Waals surface area contributed by atoms with Gasteiger partial charge in [0, 0.05) is 5.56 Å². The maximum atomic E-state index is 13.3. The number of carbonyl (C=O) groups excluding carboxylic acids is 1. The second-order valence-corrected chi connectivity index (χ2v) is 3.65. The number of nitrogens with two attached hydrogens (primary N) is 1. The average Bonchev–Trinajstić information content (AvgIpc) is 2.16. The van der Waals surface area contributed by atoms with Gasteiger partial charge in [0.2, 0.25) is 5.91 Å². The maximum Gasteiger partial charge on any atom is 0.237 e. The smallest absolute Gasteiger partial charge is 0.237 e. The molecular formula is C11H14F2N2O. The van der Waals surface area contributed by atoms with Crippen LogP contribution in [-0.4, -0.2) is 11.9 Å². The highest BCUT2D eigenvalue weighted by Gasteiger charge is 2.18. The summed E-state index contributed by atoms with van der Waals surface area (Å²) in [5.74, 6) is -1.81. The second kappa shape index (κ2) is 5.03. The van der Waals surface area contributed by atoms with Crippen LogP contribution in [-0.2, 0) is 4.79 Å². The van der Waals surface area contributed by atoms with E-state index in [0.29, 0.717) is 0 Å². The van der Waals surface area contributed by atoms with Gasteiger partial charge in [-0.1, -0.05) is 6.07 Å². The van der Waals surface area contributed by atoms with Gasteiger partial charge in [0.15, 0.2) is 0 Å². The fraction of sp³-hybridized carbons (Fsp3) is 0.364. The Labute approximate surface area is 92.6 Å². The lowest BCUT2D eigenvalue weighted by atomic mass is 10.1. The summed E-state index contributed by atoms with van der Waals surface area (Å²) >= 11 is 0. The zero-order valence-corrected chi connectivity index (χ0v) is 9.13. The van der Waals surface area contributed by atoms with E-state index in [0.717, 1.165) is 12.1 Å². The Hall–Kier alpha value is -1.49. The van der Waals surface area contributed by atoms with Crippen molar-refractivity contribution >= 4 is 5.91 Å². The average molecular weight is 228 g/mol. The van der Waals surface area contributed by atoms with Crippen LogP contribution >= 0.6 is 0 Å². The highest BCUT2D eigenvalue weighted by Crippen LogP contribution is 2.20. The van der Waals surface area contributed by atoms with Crippen LogP contribution in [0.4, 0.5) is 8.78 Å². The molecule has 0 saturated carbocycles. The molecule has 0 radical (unpaired) electrons. The molecular weight excluding hydrogens is 214 g/mol. The second-order valence-electron chi connectivity index (χ2n) is 3.65. The van der Waals surface area contributed by atoms with Gasteiger partial charge in [-0.2, -0.15) is 0 Å². The first-order chi connectivity index (χ1) is 7.43. The van der Waals surface area contributed by atoms with Crippen LogP contribution in [0.1, 0.15) is 25.5 Å². The van der Waals surface area contributed by atoms with Crippen molar-refractivity contribution in [3.63, 3.8) is 0 Å². The van der Waals surface area contributed by atoms with Crippen LogP contribution in [0.15, 0.2) is 18.2 Å². The predicted molar refractivity (Wildman–Crippen MR) is 56.6 cm³/mol. The summed E-state index contributed by atoms with van der Waals surface area (Å²) in [6.45, 7) is 3.00. The van der Waals surface area contributed by atoms with Gasteiger partial charge < -0.3 is 11.1 Å². The monoisotopic (exact) mass is 228 g/mol. The number of rotatable bonds is 3. The zero-order chi connectivity index (χ0) is 12.3. The Kier molecular flexibility index (Phi) is 3.95. The molecule has 0 aromatic heterocycles. The van der Waals surface area contributed by atoms with E-state index in [-0.39, 0.29) is 5.56 Å². The van der Waals surface area contributed by atoms with Gasteiger partial charge in [0.25, 0.3) is 0 Å². The van der Waals surface area contributed by atoms with Crippen molar-refractivity contribution in [2.75, 3.05) is 0 Å². The third-order valence-electron chi connectivity index (χ3n) is 2.21. The molecule has 88 valence electrons. The number of hydrogen-bond donors (Lipinski definition) is 2. The summed E-state index contributed by atoms with van der Waals surface area (Å²) in [7, 11) is 0. The van der Waals surface area contributed by atoms with Gasteiger partial charge in [-0.3, -0.25) is 4.79 Å². The first kappa shape index (κ1) is 12.6. The molecule has 3 nitrogen and oxygen atoms in total. The van der Waals surface area contributed by atoms with Gasteiger partial charge in [0.1, 0.15) is 11.6 Å². The Morgan fingerprint density at radius 2 is 1.81 bits per heavy atom. The van der Waals surface area contributed by atoms with Crippen molar-refractivity contribution in [2.24, 2.45) is 5.73 Å². The lowest BCUT2D eigenvalue weighted by molar-refractivity contribution is -0.122. The highest BCUT2D eigenvalue weighted by molar-refractivity contribution is 5.81. The van der Waals surface area contributed by atoms with Crippen molar-refractivity contribution in [1.82, 2.24) is 5.32 Å². The normalized spacial score (nSPS) is 14.3. The van der Waals surface area contributed by atoms with Crippen molar-refractivity contribution in [2.45, 2.75) is 25.9 Å². The standard InChI is InChI=1S/C11H14F2N2O/c1-6(14)11(16)15-7(2)10-8(12)4-3-5-9(10)13/h3-7H,14H2,1-2H3,(H,15,16)/t6-,7?/m0/s1. The van der Waals surface area contributed by atoms with Crippen LogP contribution in [0.3, 0.4) is 0 Å². The van der Waals surface area contributed by atoms with Gasteiger partial charge >= 0.3 is 0 Å². The molecule has 3 N–H and O–H groups in total. The van der Waals surface area contributed by atoms with E-state index in [9.17, 15) is 13.6 Å². The number of halogens is 2. The molecule has 0 heterocycles. The van der Waals surface area contributed by atoms with Crippen LogP contribution in [0.5, 0.6) is 0 Å². The Morgan fingerprint density at radius 1 is 1.31 bits per heavy atom. The summed E-state index contributed by atoms with van der Waals surface area (Å²) in [6.07, 6.45) is 0.